The van der Waals surface area contributed by atoms with Crippen LogP contribution in [-0.4, -0.2) is 31.3 Å². The van der Waals surface area contributed by atoms with Crippen LogP contribution < -0.4 is 10.6 Å². The second kappa shape index (κ2) is 7.60. The van der Waals surface area contributed by atoms with Gasteiger partial charge in [0.1, 0.15) is 5.76 Å². The topological polar surface area (TPSA) is 62.5 Å². The molecule has 0 bridgehead atoms. The Morgan fingerprint density at radius 3 is 2.64 bits per heavy atom. The van der Waals surface area contributed by atoms with Gasteiger partial charge in [-0.05, 0) is 44.7 Å². The Bertz CT molecular complexity index is 745. The van der Waals surface area contributed by atoms with Crippen molar-refractivity contribution in [1.82, 2.24) is 15.8 Å². The number of hydrogen-bond acceptors (Lipinski definition) is 3. The average molecular weight is 405 g/mol. The molecule has 0 spiro atoms. The van der Waals surface area contributed by atoms with E-state index >= 15 is 0 Å². The first-order valence-electron chi connectivity index (χ1n) is 8.67. The minimum atomic E-state index is 0.222. The summed E-state index contributed by atoms with van der Waals surface area (Å²) >= 11 is 3.69. The van der Waals surface area contributed by atoms with Crippen molar-refractivity contribution in [3.8, 4) is 0 Å². The van der Waals surface area contributed by atoms with Crippen molar-refractivity contribution >= 4 is 21.9 Å². The summed E-state index contributed by atoms with van der Waals surface area (Å²) in [7, 11) is 1.81. The molecule has 25 heavy (non-hydrogen) atoms. The second-order valence-electron chi connectivity index (χ2n) is 6.67. The van der Waals surface area contributed by atoms with Crippen molar-refractivity contribution in [1.29, 1.82) is 0 Å². The van der Waals surface area contributed by atoms with Crippen LogP contribution in [0.3, 0.4) is 0 Å². The summed E-state index contributed by atoms with van der Waals surface area (Å²) in [5, 5.41) is 10.9. The third-order valence-electron chi connectivity index (χ3n) is 4.97. The zero-order valence-corrected chi connectivity index (χ0v) is 16.6. The molecule has 5 nitrogen and oxygen atoms in total. The Labute approximate surface area is 157 Å². The van der Waals surface area contributed by atoms with E-state index in [0.29, 0.717) is 0 Å². The molecular weight excluding hydrogens is 380 g/mol. The largest absolute Gasteiger partial charge is 0.361 e. The van der Waals surface area contributed by atoms with Crippen LogP contribution in [0, 0.1) is 13.8 Å². The number of guanidine groups is 1. The number of nitrogens with one attached hydrogen (secondary N) is 2. The number of nitrogens with zero attached hydrogens (tertiary/aromatic N) is 2. The Kier molecular flexibility index (Phi) is 5.47. The third-order valence-corrected chi connectivity index (χ3v) is 5.66. The Balaban J connectivity index is 1.53. The zero-order chi connectivity index (χ0) is 17.9. The van der Waals surface area contributed by atoms with E-state index in [1.165, 1.54) is 28.4 Å². The molecule has 2 N–H and O–H groups in total. The van der Waals surface area contributed by atoms with Crippen LogP contribution in [0.2, 0.25) is 0 Å². The first kappa shape index (κ1) is 18.0. The molecule has 1 aromatic carbocycles. The van der Waals surface area contributed by atoms with Gasteiger partial charge >= 0.3 is 0 Å². The summed E-state index contributed by atoms with van der Waals surface area (Å²) < 4.78 is 6.40. The Hall–Kier alpha value is -1.82. The average Bonchev–Trinajstić information content (AvgIpc) is 3.33. The van der Waals surface area contributed by atoms with Crippen LogP contribution in [0.15, 0.2) is 38.3 Å². The van der Waals surface area contributed by atoms with Crippen molar-refractivity contribution < 1.29 is 4.52 Å². The van der Waals surface area contributed by atoms with Crippen molar-refractivity contribution in [3.63, 3.8) is 0 Å². The van der Waals surface area contributed by atoms with Gasteiger partial charge in [0.15, 0.2) is 5.96 Å². The maximum absolute atomic E-state index is 5.21. The number of rotatable bonds is 6. The van der Waals surface area contributed by atoms with Crippen LogP contribution in [0.4, 0.5) is 0 Å². The van der Waals surface area contributed by atoms with E-state index in [2.05, 4.69) is 61.0 Å². The molecule has 0 amide bonds. The summed E-state index contributed by atoms with van der Waals surface area (Å²) in [4.78, 5) is 4.34. The van der Waals surface area contributed by atoms with Crippen molar-refractivity contribution in [2.45, 2.75) is 38.5 Å². The fourth-order valence-corrected chi connectivity index (χ4v) is 3.93. The van der Waals surface area contributed by atoms with Crippen LogP contribution >= 0.6 is 15.9 Å². The molecule has 0 aliphatic heterocycles. The maximum atomic E-state index is 5.21. The monoisotopic (exact) mass is 404 g/mol. The van der Waals surface area contributed by atoms with E-state index in [1.807, 2.05) is 20.9 Å². The summed E-state index contributed by atoms with van der Waals surface area (Å²) in [5.41, 5.74) is 3.75. The molecule has 1 saturated carbocycles. The lowest BCUT2D eigenvalue weighted by molar-refractivity contribution is 0.392. The van der Waals surface area contributed by atoms with Gasteiger partial charge in [0.05, 0.1) is 5.69 Å². The molecule has 6 heteroatoms. The smallest absolute Gasteiger partial charge is 0.191 e. The van der Waals surface area contributed by atoms with Crippen LogP contribution in [0.25, 0.3) is 0 Å². The van der Waals surface area contributed by atoms with E-state index in [0.717, 1.165) is 36.9 Å². The molecule has 0 radical (unpaired) electrons. The van der Waals surface area contributed by atoms with E-state index in [4.69, 9.17) is 4.52 Å². The lowest BCUT2D eigenvalue weighted by Crippen LogP contribution is -2.42. The lowest BCUT2D eigenvalue weighted by atomic mass is 9.96. The summed E-state index contributed by atoms with van der Waals surface area (Å²) in [6.45, 7) is 5.62. The van der Waals surface area contributed by atoms with E-state index in [1.54, 1.807) is 0 Å². The standard InChI is InChI=1S/C19H25BrN4O/c1-13-15(14(2)25-24-13)8-11-22-18(21-3)23-12-19(9-10-19)16-6-4-5-7-17(16)20/h4-7H,8-12H2,1-3H3,(H2,21,22,23). The molecule has 0 unspecified atom stereocenters. The lowest BCUT2D eigenvalue weighted by Gasteiger charge is -2.20. The van der Waals surface area contributed by atoms with Gasteiger partial charge in [0.2, 0.25) is 0 Å². The van der Waals surface area contributed by atoms with Gasteiger partial charge in [-0.25, -0.2) is 0 Å². The first-order valence-corrected chi connectivity index (χ1v) is 9.46. The highest BCUT2D eigenvalue weighted by molar-refractivity contribution is 9.10. The van der Waals surface area contributed by atoms with Crippen LogP contribution in [-0.2, 0) is 11.8 Å². The minimum Gasteiger partial charge on any atom is -0.361 e. The molecular formula is C19H25BrN4O. The van der Waals surface area contributed by atoms with Gasteiger partial charge in [-0.1, -0.05) is 39.3 Å². The number of halogens is 1. The Morgan fingerprint density at radius 1 is 1.28 bits per heavy atom. The number of aromatic nitrogens is 1. The van der Waals surface area contributed by atoms with Crippen LogP contribution in [0.1, 0.15) is 35.4 Å². The molecule has 1 fully saturated rings. The highest BCUT2D eigenvalue weighted by atomic mass is 79.9. The molecule has 1 aliphatic rings. The summed E-state index contributed by atoms with van der Waals surface area (Å²) in [5.74, 6) is 1.73. The fraction of sp³-hybridized carbons (Fsp3) is 0.474. The fourth-order valence-electron chi connectivity index (χ4n) is 3.22. The second-order valence-corrected chi connectivity index (χ2v) is 7.52. The third kappa shape index (κ3) is 4.06. The van der Waals surface area contributed by atoms with Crippen molar-refractivity contribution in [2.75, 3.05) is 20.1 Å². The molecule has 1 aliphatic carbocycles. The zero-order valence-electron chi connectivity index (χ0n) is 15.0. The predicted octanol–water partition coefficient (Wildman–Crippen LogP) is 3.49. The number of aryl methyl sites for hydroxylation is 2. The van der Waals surface area contributed by atoms with Crippen molar-refractivity contribution in [2.24, 2.45) is 4.99 Å². The van der Waals surface area contributed by atoms with Gasteiger partial charge < -0.3 is 15.2 Å². The van der Waals surface area contributed by atoms with Gasteiger partial charge in [-0.15, -0.1) is 0 Å². The van der Waals surface area contributed by atoms with Crippen molar-refractivity contribution in [3.05, 3.63) is 51.3 Å². The molecule has 134 valence electrons. The minimum absolute atomic E-state index is 0.222. The molecule has 0 saturated heterocycles. The maximum Gasteiger partial charge on any atom is 0.191 e. The van der Waals surface area contributed by atoms with Crippen LogP contribution in [0.5, 0.6) is 0 Å². The summed E-state index contributed by atoms with van der Waals surface area (Å²) in [6.07, 6.45) is 3.29. The van der Waals surface area contributed by atoms with E-state index in [-0.39, 0.29) is 5.41 Å². The Morgan fingerprint density at radius 2 is 2.04 bits per heavy atom. The molecule has 3 rings (SSSR count). The number of hydrogen-bond donors (Lipinski definition) is 2. The molecule has 0 atom stereocenters. The first-order chi connectivity index (χ1) is 12.1. The quantitative estimate of drug-likeness (QED) is 0.571. The van der Waals surface area contributed by atoms with E-state index in [9.17, 15) is 0 Å². The normalized spacial score (nSPS) is 15.9. The molecule has 2 aromatic rings. The highest BCUT2D eigenvalue weighted by Gasteiger charge is 2.45. The highest BCUT2D eigenvalue weighted by Crippen LogP contribution is 2.49. The van der Waals surface area contributed by atoms with E-state index < -0.39 is 0 Å². The molecule has 1 heterocycles. The number of aliphatic imine (C=N–C) groups is 1. The SMILES string of the molecule is CN=C(NCCc1c(C)noc1C)NCC1(c2ccccc2Br)CC1. The molecule has 1 aromatic heterocycles. The van der Waals surface area contributed by atoms with Gasteiger partial charge in [0, 0.05) is 35.6 Å². The predicted molar refractivity (Wildman–Crippen MR) is 104 cm³/mol. The van der Waals surface area contributed by atoms with Gasteiger partial charge in [-0.2, -0.15) is 0 Å². The van der Waals surface area contributed by atoms with Gasteiger partial charge in [0.25, 0.3) is 0 Å². The van der Waals surface area contributed by atoms with Gasteiger partial charge in [-0.3, -0.25) is 4.99 Å². The summed E-state index contributed by atoms with van der Waals surface area (Å²) in [6, 6.07) is 8.50. The number of benzene rings is 1.